The van der Waals surface area contributed by atoms with Gasteiger partial charge in [0.05, 0.1) is 38.4 Å². The summed E-state index contributed by atoms with van der Waals surface area (Å²) in [7, 11) is 2.60. The van der Waals surface area contributed by atoms with E-state index < -0.39 is 18.3 Å². The van der Waals surface area contributed by atoms with Crippen molar-refractivity contribution in [2.24, 2.45) is 0 Å². The minimum atomic E-state index is -0.567. The van der Waals surface area contributed by atoms with Gasteiger partial charge in [0, 0.05) is 5.82 Å². The molecule has 0 aliphatic carbocycles. The molecule has 2 rings (SSSR count). The monoisotopic (exact) mass is 364 g/mol. The SMILES string of the molecule is CCOC(=O)CC(B1OC(C)(C)C(C)(C)O1)c1ccc(OC)c(OC)c1. The molecule has 0 bridgehead atoms. The molecule has 1 unspecified atom stereocenters. The van der Waals surface area contributed by atoms with Gasteiger partial charge in [-0.1, -0.05) is 6.07 Å². The van der Waals surface area contributed by atoms with Crippen LogP contribution < -0.4 is 9.47 Å². The Kier molecular flexibility index (Phi) is 6.24. The van der Waals surface area contributed by atoms with Crippen molar-refractivity contribution in [3.8, 4) is 11.5 Å². The van der Waals surface area contributed by atoms with Crippen LogP contribution in [-0.4, -0.2) is 45.1 Å². The lowest BCUT2D eigenvalue weighted by molar-refractivity contribution is -0.143. The molecule has 1 aliphatic rings. The highest BCUT2D eigenvalue weighted by molar-refractivity contribution is 6.48. The molecule has 1 aromatic rings. The molecule has 1 aromatic carbocycles. The number of rotatable bonds is 7. The van der Waals surface area contributed by atoms with Crippen LogP contribution in [0, 0.1) is 0 Å². The highest BCUT2D eigenvalue weighted by Crippen LogP contribution is 2.43. The predicted molar refractivity (Wildman–Crippen MR) is 99.6 cm³/mol. The summed E-state index contributed by atoms with van der Waals surface area (Å²) in [6.45, 7) is 10.1. The molecule has 1 fully saturated rings. The van der Waals surface area contributed by atoms with E-state index in [0.29, 0.717) is 18.1 Å². The Morgan fingerprint density at radius 3 is 2.15 bits per heavy atom. The van der Waals surface area contributed by atoms with Crippen molar-refractivity contribution >= 4 is 13.1 Å². The van der Waals surface area contributed by atoms with Gasteiger partial charge in [0.1, 0.15) is 0 Å². The number of carbonyl (C=O) groups excluding carboxylic acids is 1. The van der Waals surface area contributed by atoms with E-state index in [9.17, 15) is 4.79 Å². The van der Waals surface area contributed by atoms with E-state index in [4.69, 9.17) is 23.5 Å². The first-order valence-electron chi connectivity index (χ1n) is 8.88. The predicted octanol–water partition coefficient (Wildman–Crippen LogP) is 3.37. The average Bonchev–Trinajstić information content (AvgIpc) is 2.79. The maximum absolute atomic E-state index is 12.2. The van der Waals surface area contributed by atoms with Crippen LogP contribution in [0.25, 0.3) is 0 Å². The fourth-order valence-corrected chi connectivity index (χ4v) is 2.91. The Balaban J connectivity index is 2.38. The van der Waals surface area contributed by atoms with Crippen LogP contribution in [0.2, 0.25) is 0 Å². The lowest BCUT2D eigenvalue weighted by atomic mass is 9.66. The van der Waals surface area contributed by atoms with Gasteiger partial charge < -0.3 is 23.5 Å². The molecule has 1 atom stereocenters. The summed E-state index contributed by atoms with van der Waals surface area (Å²) < 4.78 is 28.2. The normalized spacial score (nSPS) is 19.1. The van der Waals surface area contributed by atoms with Gasteiger partial charge in [0.15, 0.2) is 11.5 Å². The smallest absolute Gasteiger partial charge is 0.466 e. The van der Waals surface area contributed by atoms with Crippen LogP contribution in [0.4, 0.5) is 0 Å². The van der Waals surface area contributed by atoms with E-state index >= 15 is 0 Å². The topological polar surface area (TPSA) is 63.2 Å². The molecule has 0 amide bonds. The first-order valence-corrected chi connectivity index (χ1v) is 8.88. The number of hydrogen-bond acceptors (Lipinski definition) is 6. The quantitative estimate of drug-likeness (QED) is 0.546. The molecule has 7 heteroatoms. The average molecular weight is 364 g/mol. The van der Waals surface area contributed by atoms with Gasteiger partial charge in [-0.3, -0.25) is 4.79 Å². The van der Waals surface area contributed by atoms with Crippen LogP contribution in [0.15, 0.2) is 18.2 Å². The van der Waals surface area contributed by atoms with Crippen LogP contribution >= 0.6 is 0 Å². The van der Waals surface area contributed by atoms with Crippen molar-refractivity contribution in [1.29, 1.82) is 0 Å². The lowest BCUT2D eigenvalue weighted by Crippen LogP contribution is -2.41. The van der Waals surface area contributed by atoms with E-state index in [1.54, 1.807) is 21.1 Å². The summed E-state index contributed by atoms with van der Waals surface area (Å²) in [5.41, 5.74) is -0.100. The fraction of sp³-hybridized carbons (Fsp3) is 0.632. The zero-order valence-electron chi connectivity index (χ0n) is 16.8. The van der Waals surface area contributed by atoms with E-state index in [2.05, 4.69) is 0 Å². The third kappa shape index (κ3) is 4.15. The number of hydrogen-bond donors (Lipinski definition) is 0. The highest BCUT2D eigenvalue weighted by atomic mass is 16.7. The van der Waals surface area contributed by atoms with Gasteiger partial charge in [-0.15, -0.1) is 0 Å². The second kappa shape index (κ2) is 7.88. The molecule has 144 valence electrons. The summed E-state index contributed by atoms with van der Waals surface area (Å²) >= 11 is 0. The van der Waals surface area contributed by atoms with Crippen molar-refractivity contribution < 1.29 is 28.3 Å². The zero-order chi connectivity index (χ0) is 19.5. The number of carbonyl (C=O) groups is 1. The number of methoxy groups -OCH3 is 2. The number of esters is 1. The van der Waals surface area contributed by atoms with Crippen molar-refractivity contribution in [2.45, 2.75) is 58.1 Å². The number of ether oxygens (including phenoxy) is 3. The van der Waals surface area contributed by atoms with Crippen LogP contribution in [0.3, 0.4) is 0 Å². The Labute approximate surface area is 156 Å². The maximum Gasteiger partial charge on any atom is 0.466 e. The first kappa shape index (κ1) is 20.6. The fourth-order valence-electron chi connectivity index (χ4n) is 2.91. The largest absolute Gasteiger partial charge is 0.493 e. The minimum Gasteiger partial charge on any atom is -0.493 e. The third-order valence-corrected chi connectivity index (χ3v) is 5.13. The van der Waals surface area contributed by atoms with Gasteiger partial charge in [-0.25, -0.2) is 0 Å². The Morgan fingerprint density at radius 1 is 1.08 bits per heavy atom. The van der Waals surface area contributed by atoms with Crippen molar-refractivity contribution in [3.63, 3.8) is 0 Å². The molecule has 0 N–H and O–H groups in total. The molecule has 0 aromatic heterocycles. The molecule has 1 saturated heterocycles. The highest BCUT2D eigenvalue weighted by Gasteiger charge is 2.54. The molecule has 0 spiro atoms. The summed E-state index contributed by atoms with van der Waals surface area (Å²) in [6.07, 6.45) is 0.153. The minimum absolute atomic E-state index is 0.153. The van der Waals surface area contributed by atoms with Crippen LogP contribution in [0.5, 0.6) is 11.5 Å². The molecular formula is C19H29BO6. The van der Waals surface area contributed by atoms with Gasteiger partial charge in [-0.05, 0) is 52.3 Å². The Hall–Kier alpha value is -1.73. The molecule has 0 saturated carbocycles. The van der Waals surface area contributed by atoms with E-state index in [1.807, 2.05) is 45.9 Å². The molecule has 1 aliphatic heterocycles. The maximum atomic E-state index is 12.2. The van der Waals surface area contributed by atoms with E-state index in [-0.39, 0.29) is 18.2 Å². The van der Waals surface area contributed by atoms with Crippen molar-refractivity contribution in [3.05, 3.63) is 23.8 Å². The third-order valence-electron chi connectivity index (χ3n) is 5.13. The van der Waals surface area contributed by atoms with Gasteiger partial charge in [-0.2, -0.15) is 0 Å². The van der Waals surface area contributed by atoms with Crippen LogP contribution in [0.1, 0.15) is 52.4 Å². The summed E-state index contributed by atoms with van der Waals surface area (Å²) in [5.74, 6) is 0.604. The van der Waals surface area contributed by atoms with Gasteiger partial charge in [0.2, 0.25) is 0 Å². The second-order valence-corrected chi connectivity index (χ2v) is 7.35. The summed E-state index contributed by atoms with van der Waals surface area (Å²) in [6, 6.07) is 5.57. The molecule has 1 heterocycles. The Bertz CT molecular complexity index is 627. The van der Waals surface area contributed by atoms with E-state index in [1.165, 1.54) is 0 Å². The molecule has 0 radical (unpaired) electrons. The zero-order valence-corrected chi connectivity index (χ0v) is 16.8. The van der Waals surface area contributed by atoms with Crippen molar-refractivity contribution in [2.75, 3.05) is 20.8 Å². The van der Waals surface area contributed by atoms with E-state index in [0.717, 1.165) is 5.56 Å². The van der Waals surface area contributed by atoms with Crippen LogP contribution in [-0.2, 0) is 18.8 Å². The van der Waals surface area contributed by atoms with Gasteiger partial charge >= 0.3 is 13.1 Å². The molecule has 6 nitrogen and oxygen atoms in total. The standard InChI is InChI=1S/C19H29BO6/c1-8-24-17(21)12-14(20-25-18(2,3)19(4,5)26-20)13-9-10-15(22-6)16(11-13)23-7/h9-11,14H,8,12H2,1-7H3. The molecular weight excluding hydrogens is 335 g/mol. The molecule has 26 heavy (non-hydrogen) atoms. The Morgan fingerprint density at radius 2 is 1.65 bits per heavy atom. The van der Waals surface area contributed by atoms with Crippen molar-refractivity contribution in [1.82, 2.24) is 0 Å². The number of benzene rings is 1. The first-order chi connectivity index (χ1) is 12.1. The summed E-state index contributed by atoms with van der Waals surface area (Å²) in [5, 5.41) is 0. The lowest BCUT2D eigenvalue weighted by Gasteiger charge is -2.32. The second-order valence-electron chi connectivity index (χ2n) is 7.35. The summed E-state index contributed by atoms with van der Waals surface area (Å²) in [4.78, 5) is 12.2. The van der Waals surface area contributed by atoms with Gasteiger partial charge in [0.25, 0.3) is 0 Å².